The minimum atomic E-state index is -1.18. The molecule has 0 atom stereocenters. The molecule has 0 aromatic carbocycles. The average Bonchev–Trinajstić information content (AvgIpc) is 3.27. The van der Waals surface area contributed by atoms with Crippen molar-refractivity contribution in [3.05, 3.63) is 55.9 Å². The van der Waals surface area contributed by atoms with Gasteiger partial charge in [0.1, 0.15) is 11.5 Å². The maximum Gasteiger partial charge on any atom is 0.360 e. The largest absolute Gasteiger partial charge is 0.476 e. The first-order valence-corrected chi connectivity index (χ1v) is 6.26. The van der Waals surface area contributed by atoms with Gasteiger partial charge >= 0.3 is 11.9 Å². The predicted molar refractivity (Wildman–Crippen MR) is 77.0 cm³/mol. The van der Waals surface area contributed by atoms with Crippen LogP contribution in [0.4, 0.5) is 0 Å². The Morgan fingerprint density at radius 1 is 1.12 bits per heavy atom. The molecule has 25 heavy (non-hydrogen) atoms. The van der Waals surface area contributed by atoms with E-state index in [2.05, 4.69) is 44.1 Å². The van der Waals surface area contributed by atoms with Crippen molar-refractivity contribution in [1.82, 2.24) is 10.3 Å². The lowest BCUT2D eigenvalue weighted by atomic mass is 10.4. The number of carboxylic acids is 1. The van der Waals surface area contributed by atoms with Gasteiger partial charge in [-0.2, -0.15) is 0 Å². The summed E-state index contributed by atoms with van der Waals surface area (Å²) in [6.07, 6.45) is 0. The van der Waals surface area contributed by atoms with Gasteiger partial charge in [0.05, 0.1) is 20.2 Å². The van der Waals surface area contributed by atoms with E-state index in [1.165, 1.54) is 19.2 Å². The summed E-state index contributed by atoms with van der Waals surface area (Å²) in [6.45, 7) is -0.00270. The third-order valence-corrected chi connectivity index (χ3v) is 2.31. The fraction of sp³-hybridized carbons (Fsp3) is 0.273. The van der Waals surface area contributed by atoms with Crippen molar-refractivity contribution in [2.45, 2.75) is 13.1 Å². The molecule has 0 spiro atoms. The van der Waals surface area contributed by atoms with Crippen molar-refractivity contribution >= 4 is 11.9 Å². The highest BCUT2D eigenvalue weighted by molar-refractivity contribution is 5.87. The quantitative estimate of drug-likeness (QED) is 0.352. The summed E-state index contributed by atoms with van der Waals surface area (Å²) in [5.41, 5.74) is 15.8. The molecule has 14 nitrogen and oxygen atoms in total. The topological polar surface area (TPSA) is 213 Å². The first-order chi connectivity index (χ1) is 12.0. The molecule has 130 valence electrons. The minimum absolute atomic E-state index is 0.0283. The van der Waals surface area contributed by atoms with E-state index in [9.17, 15) is 9.59 Å². The highest BCUT2D eigenvalue weighted by Gasteiger charge is 2.11. The van der Waals surface area contributed by atoms with E-state index in [1.54, 1.807) is 0 Å². The molecular weight excluding hydrogens is 340 g/mol. The number of rotatable bonds is 6. The third-order valence-electron chi connectivity index (χ3n) is 2.31. The van der Waals surface area contributed by atoms with Gasteiger partial charge in [0.2, 0.25) is 0 Å². The van der Waals surface area contributed by atoms with Crippen LogP contribution in [0.25, 0.3) is 20.9 Å². The monoisotopic (exact) mass is 350 g/mol. The van der Waals surface area contributed by atoms with Gasteiger partial charge in [-0.05, 0) is 11.1 Å². The van der Waals surface area contributed by atoms with E-state index < -0.39 is 11.9 Å². The molecule has 0 fully saturated rings. The van der Waals surface area contributed by atoms with Crippen molar-refractivity contribution in [3.8, 4) is 0 Å². The number of nitrogens with zero attached hydrogens (tertiary/aromatic N) is 8. The number of carboxylic acid groups (broad SMARTS) is 1. The fourth-order valence-corrected chi connectivity index (χ4v) is 1.28. The zero-order chi connectivity index (χ0) is 18.7. The number of hydrogen-bond donors (Lipinski definition) is 1. The van der Waals surface area contributed by atoms with Crippen molar-refractivity contribution in [1.29, 1.82) is 0 Å². The zero-order valence-electron chi connectivity index (χ0n) is 12.6. The summed E-state index contributed by atoms with van der Waals surface area (Å²) in [5.74, 6) is -1.22. The van der Waals surface area contributed by atoms with Crippen LogP contribution in [0.15, 0.2) is 31.4 Å². The molecule has 0 amide bonds. The number of aromatic carboxylic acids is 1. The highest BCUT2D eigenvalue weighted by atomic mass is 16.5. The molecular formula is C11H10N8O6. The van der Waals surface area contributed by atoms with Crippen LogP contribution >= 0.6 is 0 Å². The van der Waals surface area contributed by atoms with Gasteiger partial charge in [0, 0.05) is 22.0 Å². The SMILES string of the molecule is COC(=O)c1cc(CN=[N+]=[N-])on1.[N-]=[N+]=NCc1cc(C(=O)O)no1. The lowest BCUT2D eigenvalue weighted by Crippen LogP contribution is -2.00. The molecule has 0 radical (unpaired) electrons. The number of azide groups is 2. The van der Waals surface area contributed by atoms with Gasteiger partial charge in [-0.3, -0.25) is 0 Å². The van der Waals surface area contributed by atoms with E-state index >= 15 is 0 Å². The molecule has 2 heterocycles. The summed E-state index contributed by atoms with van der Waals surface area (Å²) < 4.78 is 13.6. The van der Waals surface area contributed by atoms with Crippen molar-refractivity contribution in [2.75, 3.05) is 7.11 Å². The molecule has 14 heteroatoms. The van der Waals surface area contributed by atoms with Gasteiger partial charge in [0.15, 0.2) is 11.4 Å². The van der Waals surface area contributed by atoms with E-state index in [0.717, 1.165) is 0 Å². The Kier molecular flexibility index (Phi) is 7.53. The Morgan fingerprint density at radius 2 is 1.60 bits per heavy atom. The molecule has 0 aliphatic carbocycles. The number of esters is 1. The maximum absolute atomic E-state index is 10.9. The van der Waals surface area contributed by atoms with E-state index in [1.807, 2.05) is 0 Å². The lowest BCUT2D eigenvalue weighted by Gasteiger charge is -1.88. The summed E-state index contributed by atoms with van der Waals surface area (Å²) in [4.78, 5) is 26.1. The standard InChI is InChI=1S/C6H6N4O3.C5H4N4O3/c1-12-6(11)5-2-4(13-9-5)3-8-10-7;6-9-7-2-3-1-4(5(10)11)8-12-3/h2H,3H2,1H3;1H,2H2,(H,10,11). The van der Waals surface area contributed by atoms with Crippen LogP contribution in [-0.2, 0) is 17.8 Å². The van der Waals surface area contributed by atoms with Gasteiger partial charge < -0.3 is 18.9 Å². The normalized spacial score (nSPS) is 9.00. The molecule has 2 aromatic heterocycles. The molecule has 0 saturated carbocycles. The second-order valence-electron chi connectivity index (χ2n) is 3.93. The van der Waals surface area contributed by atoms with Crippen LogP contribution in [0.1, 0.15) is 32.5 Å². The van der Waals surface area contributed by atoms with Crippen LogP contribution in [-0.4, -0.2) is 34.5 Å². The number of carbonyl (C=O) groups excluding carboxylic acids is 1. The number of aromatic nitrogens is 2. The first-order valence-electron chi connectivity index (χ1n) is 6.26. The molecule has 0 bridgehead atoms. The van der Waals surface area contributed by atoms with E-state index in [4.69, 9.17) is 16.2 Å². The predicted octanol–water partition coefficient (Wildman–Crippen LogP) is 2.45. The van der Waals surface area contributed by atoms with Crippen molar-refractivity contribution in [3.63, 3.8) is 0 Å². The first kappa shape index (κ1) is 19.0. The Morgan fingerprint density at radius 3 is 2.00 bits per heavy atom. The van der Waals surface area contributed by atoms with Crippen LogP contribution in [0.2, 0.25) is 0 Å². The van der Waals surface area contributed by atoms with E-state index in [0.29, 0.717) is 5.76 Å². The second kappa shape index (κ2) is 9.89. The highest BCUT2D eigenvalue weighted by Crippen LogP contribution is 2.06. The summed E-state index contributed by atoms with van der Waals surface area (Å²) in [6, 6.07) is 2.57. The molecule has 0 aliphatic heterocycles. The number of ether oxygens (including phenoxy) is 1. The summed E-state index contributed by atoms with van der Waals surface area (Å²) >= 11 is 0. The number of methoxy groups -OCH3 is 1. The minimum Gasteiger partial charge on any atom is -0.476 e. The lowest BCUT2D eigenvalue weighted by molar-refractivity contribution is 0.0588. The molecule has 0 saturated heterocycles. The third kappa shape index (κ3) is 6.32. The van der Waals surface area contributed by atoms with Gasteiger partial charge in [0.25, 0.3) is 0 Å². The van der Waals surface area contributed by atoms with Crippen LogP contribution in [0, 0.1) is 0 Å². The smallest absolute Gasteiger partial charge is 0.360 e. The molecule has 1 N–H and O–H groups in total. The molecule has 0 unspecified atom stereocenters. The number of hydrogen-bond acceptors (Lipinski definition) is 9. The Hall–Kier alpha value is -4.02. The second-order valence-corrected chi connectivity index (χ2v) is 3.93. The molecule has 2 rings (SSSR count). The number of carbonyl (C=O) groups is 2. The molecule has 2 aromatic rings. The average molecular weight is 350 g/mol. The van der Waals surface area contributed by atoms with Crippen molar-refractivity contribution < 1.29 is 28.5 Å². The Balaban J connectivity index is 0.000000251. The van der Waals surface area contributed by atoms with Gasteiger partial charge in [-0.1, -0.05) is 20.5 Å². The van der Waals surface area contributed by atoms with Gasteiger partial charge in [-0.25, -0.2) is 9.59 Å². The summed E-state index contributed by atoms with van der Waals surface area (Å²) in [5, 5.41) is 21.4. The van der Waals surface area contributed by atoms with Crippen LogP contribution in [0.5, 0.6) is 0 Å². The fourth-order valence-electron chi connectivity index (χ4n) is 1.28. The molecule has 0 aliphatic rings. The van der Waals surface area contributed by atoms with E-state index in [-0.39, 0.29) is 30.2 Å². The Labute approximate surface area is 138 Å². The van der Waals surface area contributed by atoms with Crippen molar-refractivity contribution in [2.24, 2.45) is 10.2 Å². The summed E-state index contributed by atoms with van der Waals surface area (Å²) in [7, 11) is 1.24. The maximum atomic E-state index is 10.9. The zero-order valence-corrected chi connectivity index (χ0v) is 12.6. The van der Waals surface area contributed by atoms with Crippen LogP contribution < -0.4 is 0 Å². The Bertz CT molecular complexity index is 829. The van der Waals surface area contributed by atoms with Gasteiger partial charge in [-0.15, -0.1) is 0 Å². The van der Waals surface area contributed by atoms with Crippen LogP contribution in [0.3, 0.4) is 0 Å².